The van der Waals surface area contributed by atoms with Crippen molar-refractivity contribution in [2.45, 2.75) is 38.4 Å². The van der Waals surface area contributed by atoms with Gasteiger partial charge < -0.3 is 5.32 Å². The average Bonchev–Trinajstić information content (AvgIpc) is 2.35. The first kappa shape index (κ1) is 13.0. The van der Waals surface area contributed by atoms with E-state index in [1.807, 2.05) is 12.3 Å². The van der Waals surface area contributed by atoms with Gasteiger partial charge in [0.1, 0.15) is 0 Å². The van der Waals surface area contributed by atoms with Crippen molar-refractivity contribution in [1.29, 1.82) is 5.26 Å². The van der Waals surface area contributed by atoms with Crippen molar-refractivity contribution < 1.29 is 0 Å². The molecule has 0 radical (unpaired) electrons. The molecule has 1 saturated heterocycles. The summed E-state index contributed by atoms with van der Waals surface area (Å²) in [5.41, 5.74) is 1.34. The Morgan fingerprint density at radius 2 is 2.44 bits per heavy atom. The summed E-state index contributed by atoms with van der Waals surface area (Å²) < 4.78 is 0. The summed E-state index contributed by atoms with van der Waals surface area (Å²) in [4.78, 5) is 6.59. The topological polar surface area (TPSA) is 52.0 Å². The second-order valence-electron chi connectivity index (χ2n) is 5.49. The van der Waals surface area contributed by atoms with Gasteiger partial charge in [0.25, 0.3) is 0 Å². The first-order valence-electron chi connectivity index (χ1n) is 6.36. The van der Waals surface area contributed by atoms with Crippen LogP contribution in [-0.4, -0.2) is 34.6 Å². The Hall–Kier alpha value is -1.44. The fraction of sp³-hybridized carbons (Fsp3) is 0.571. The van der Waals surface area contributed by atoms with E-state index >= 15 is 0 Å². The van der Waals surface area contributed by atoms with Crippen LogP contribution in [0.5, 0.6) is 0 Å². The van der Waals surface area contributed by atoms with E-state index in [-0.39, 0.29) is 11.6 Å². The molecule has 1 aliphatic rings. The number of hydrogen-bond donors (Lipinski definition) is 1. The van der Waals surface area contributed by atoms with Gasteiger partial charge in [-0.2, -0.15) is 5.26 Å². The van der Waals surface area contributed by atoms with Crippen LogP contribution >= 0.6 is 0 Å². The summed E-state index contributed by atoms with van der Waals surface area (Å²) in [5, 5.41) is 12.3. The largest absolute Gasteiger partial charge is 0.310 e. The standard InChI is InChI=1S/C14H20N4/c1-14(2)11-17-13(5-6-15)10-18(14)9-12-4-3-7-16-8-12/h3-4,7-8,13,17H,5,9-11H2,1-2H3. The molecule has 1 atom stereocenters. The molecule has 1 unspecified atom stereocenters. The van der Waals surface area contributed by atoms with Crippen LogP contribution in [0.1, 0.15) is 25.8 Å². The van der Waals surface area contributed by atoms with E-state index in [1.54, 1.807) is 6.20 Å². The number of nitrogens with one attached hydrogen (secondary N) is 1. The molecule has 1 aromatic heterocycles. The lowest BCUT2D eigenvalue weighted by Gasteiger charge is -2.45. The van der Waals surface area contributed by atoms with E-state index in [2.05, 4.69) is 41.2 Å². The summed E-state index contributed by atoms with van der Waals surface area (Å²) in [7, 11) is 0. The normalized spacial score (nSPS) is 23.5. The molecule has 0 saturated carbocycles. The molecular formula is C14H20N4. The van der Waals surface area contributed by atoms with Gasteiger partial charge in [0.2, 0.25) is 0 Å². The average molecular weight is 244 g/mol. The molecule has 0 aliphatic carbocycles. The number of rotatable bonds is 3. The van der Waals surface area contributed by atoms with Crippen molar-refractivity contribution in [3.8, 4) is 6.07 Å². The van der Waals surface area contributed by atoms with Crippen molar-refractivity contribution in [2.75, 3.05) is 13.1 Å². The van der Waals surface area contributed by atoms with Gasteiger partial charge in [-0.05, 0) is 25.5 Å². The molecule has 0 amide bonds. The third-order valence-electron chi connectivity index (χ3n) is 3.55. The highest BCUT2D eigenvalue weighted by molar-refractivity contribution is 5.10. The fourth-order valence-electron chi connectivity index (χ4n) is 2.32. The van der Waals surface area contributed by atoms with Crippen LogP contribution in [0.15, 0.2) is 24.5 Å². The zero-order chi connectivity index (χ0) is 13.0. The summed E-state index contributed by atoms with van der Waals surface area (Å²) in [6.07, 6.45) is 4.28. The van der Waals surface area contributed by atoms with Gasteiger partial charge in [-0.1, -0.05) is 6.07 Å². The number of nitrogens with zero attached hydrogens (tertiary/aromatic N) is 3. The lowest BCUT2D eigenvalue weighted by atomic mass is 9.96. The first-order valence-corrected chi connectivity index (χ1v) is 6.36. The van der Waals surface area contributed by atoms with Crippen molar-refractivity contribution in [2.24, 2.45) is 0 Å². The molecule has 1 aliphatic heterocycles. The predicted molar refractivity (Wildman–Crippen MR) is 70.7 cm³/mol. The zero-order valence-electron chi connectivity index (χ0n) is 11.1. The molecule has 96 valence electrons. The maximum absolute atomic E-state index is 8.81. The van der Waals surface area contributed by atoms with E-state index in [1.165, 1.54) is 5.56 Å². The van der Waals surface area contributed by atoms with Crippen LogP contribution in [0.2, 0.25) is 0 Å². The maximum Gasteiger partial charge on any atom is 0.0638 e. The second kappa shape index (κ2) is 5.47. The summed E-state index contributed by atoms with van der Waals surface area (Å²) in [6.45, 7) is 7.19. The number of nitriles is 1. The van der Waals surface area contributed by atoms with Gasteiger partial charge in [0.05, 0.1) is 12.5 Å². The van der Waals surface area contributed by atoms with Crippen LogP contribution in [0.25, 0.3) is 0 Å². The maximum atomic E-state index is 8.81. The minimum Gasteiger partial charge on any atom is -0.310 e. The van der Waals surface area contributed by atoms with Gasteiger partial charge in [-0.25, -0.2) is 0 Å². The highest BCUT2D eigenvalue weighted by atomic mass is 15.3. The molecule has 4 nitrogen and oxygen atoms in total. The Kier molecular flexibility index (Phi) is 3.95. The Morgan fingerprint density at radius 3 is 3.11 bits per heavy atom. The van der Waals surface area contributed by atoms with Crippen LogP contribution in [0.3, 0.4) is 0 Å². The molecule has 1 N–H and O–H groups in total. The Balaban J connectivity index is 2.06. The van der Waals surface area contributed by atoms with Crippen LogP contribution in [-0.2, 0) is 6.54 Å². The second-order valence-corrected chi connectivity index (χ2v) is 5.49. The molecule has 0 bridgehead atoms. The highest BCUT2D eigenvalue weighted by Crippen LogP contribution is 2.21. The number of hydrogen-bond acceptors (Lipinski definition) is 4. The summed E-state index contributed by atoms with van der Waals surface area (Å²) in [6, 6.07) is 6.60. The van der Waals surface area contributed by atoms with Crippen molar-refractivity contribution >= 4 is 0 Å². The van der Waals surface area contributed by atoms with Crippen LogP contribution < -0.4 is 5.32 Å². The number of piperazine rings is 1. The lowest BCUT2D eigenvalue weighted by Crippen LogP contribution is -2.61. The van der Waals surface area contributed by atoms with Crippen molar-refractivity contribution in [3.63, 3.8) is 0 Å². The molecule has 2 rings (SSSR count). The predicted octanol–water partition coefficient (Wildman–Crippen LogP) is 1.55. The number of pyridine rings is 1. The molecule has 2 heterocycles. The molecule has 1 fully saturated rings. The van der Waals surface area contributed by atoms with E-state index in [0.29, 0.717) is 6.42 Å². The fourth-order valence-corrected chi connectivity index (χ4v) is 2.32. The first-order chi connectivity index (χ1) is 8.62. The van der Waals surface area contributed by atoms with Gasteiger partial charge in [0.15, 0.2) is 0 Å². The van der Waals surface area contributed by atoms with Gasteiger partial charge in [-0.15, -0.1) is 0 Å². The third kappa shape index (κ3) is 3.06. The van der Waals surface area contributed by atoms with E-state index in [0.717, 1.165) is 19.6 Å². The minimum absolute atomic E-state index is 0.113. The van der Waals surface area contributed by atoms with Gasteiger partial charge in [0, 0.05) is 43.6 Å². The SMILES string of the molecule is CC1(C)CNC(CC#N)CN1Cc1cccnc1. The summed E-state index contributed by atoms with van der Waals surface area (Å²) in [5.74, 6) is 0. The molecule has 0 aromatic carbocycles. The summed E-state index contributed by atoms with van der Waals surface area (Å²) >= 11 is 0. The van der Waals surface area contributed by atoms with Crippen molar-refractivity contribution in [3.05, 3.63) is 30.1 Å². The molecule has 1 aromatic rings. The number of aromatic nitrogens is 1. The minimum atomic E-state index is 0.113. The zero-order valence-corrected chi connectivity index (χ0v) is 11.1. The molecular weight excluding hydrogens is 224 g/mol. The van der Waals surface area contributed by atoms with E-state index < -0.39 is 0 Å². The van der Waals surface area contributed by atoms with Gasteiger partial charge >= 0.3 is 0 Å². The molecule has 18 heavy (non-hydrogen) atoms. The molecule has 0 spiro atoms. The van der Waals surface area contributed by atoms with Crippen LogP contribution in [0, 0.1) is 11.3 Å². The van der Waals surface area contributed by atoms with Gasteiger partial charge in [-0.3, -0.25) is 9.88 Å². The van der Waals surface area contributed by atoms with E-state index in [4.69, 9.17) is 5.26 Å². The van der Waals surface area contributed by atoms with Crippen LogP contribution in [0.4, 0.5) is 0 Å². The molecule has 4 heteroatoms. The Labute approximate surface area is 109 Å². The van der Waals surface area contributed by atoms with Crippen molar-refractivity contribution in [1.82, 2.24) is 15.2 Å². The smallest absolute Gasteiger partial charge is 0.0638 e. The third-order valence-corrected chi connectivity index (χ3v) is 3.55. The quantitative estimate of drug-likeness (QED) is 0.876. The highest BCUT2D eigenvalue weighted by Gasteiger charge is 2.33. The Morgan fingerprint density at radius 1 is 1.61 bits per heavy atom. The van der Waals surface area contributed by atoms with E-state index in [9.17, 15) is 0 Å². The lowest BCUT2D eigenvalue weighted by molar-refractivity contribution is 0.0595. The Bertz CT molecular complexity index is 421. The monoisotopic (exact) mass is 244 g/mol.